The number of esters is 1. The Balaban J connectivity index is 2.53. The third-order valence-corrected chi connectivity index (χ3v) is 4.18. The van der Waals surface area contributed by atoms with Crippen molar-refractivity contribution in [3.63, 3.8) is 0 Å². The summed E-state index contributed by atoms with van der Waals surface area (Å²) < 4.78 is 44.9. The molecular weight excluding hydrogens is 323 g/mol. The highest BCUT2D eigenvalue weighted by Gasteiger charge is 2.71. The zero-order valence-electron chi connectivity index (χ0n) is 11.3. The van der Waals surface area contributed by atoms with Gasteiger partial charge in [-0.25, -0.2) is 0 Å². The fourth-order valence-electron chi connectivity index (χ4n) is 2.08. The predicted molar refractivity (Wildman–Crippen MR) is 73.3 cm³/mol. The first-order chi connectivity index (χ1) is 10.2. The molecule has 5 nitrogen and oxygen atoms in total. The van der Waals surface area contributed by atoms with Crippen molar-refractivity contribution in [3.05, 3.63) is 30.3 Å². The van der Waals surface area contributed by atoms with Gasteiger partial charge in [-0.1, -0.05) is 18.2 Å². The topological polar surface area (TPSA) is 66.8 Å². The maximum absolute atomic E-state index is 13.4. The number of para-hydroxylation sites is 1. The molecule has 2 rings (SSSR count). The maximum Gasteiger partial charge on any atom is 0.438 e. The summed E-state index contributed by atoms with van der Waals surface area (Å²) >= 11 is 0.0928. The Morgan fingerprint density at radius 1 is 1.41 bits per heavy atom. The molecule has 1 amide bonds. The van der Waals surface area contributed by atoms with Crippen molar-refractivity contribution in [2.45, 2.75) is 24.1 Å². The largest absolute Gasteiger partial charge is 0.465 e. The summed E-state index contributed by atoms with van der Waals surface area (Å²) in [5.41, 5.74) is -3.82. The van der Waals surface area contributed by atoms with E-state index in [1.54, 1.807) is 6.07 Å². The average Bonchev–Trinajstić information content (AvgIpc) is 2.72. The van der Waals surface area contributed by atoms with E-state index in [-0.39, 0.29) is 29.0 Å². The number of hydrogen-bond acceptors (Lipinski definition) is 5. The molecule has 1 N–H and O–H groups in total. The fourth-order valence-corrected chi connectivity index (χ4v) is 3.20. The van der Waals surface area contributed by atoms with E-state index in [4.69, 9.17) is 0 Å². The van der Waals surface area contributed by atoms with E-state index in [0.717, 1.165) is 0 Å². The van der Waals surface area contributed by atoms with Gasteiger partial charge in [0.05, 0.1) is 6.61 Å². The predicted octanol–water partition coefficient (Wildman–Crippen LogP) is 2.54. The first kappa shape index (κ1) is 16.6. The Morgan fingerprint density at radius 3 is 2.50 bits per heavy atom. The van der Waals surface area contributed by atoms with Gasteiger partial charge < -0.3 is 9.84 Å². The van der Waals surface area contributed by atoms with Crippen LogP contribution in [-0.4, -0.2) is 40.1 Å². The van der Waals surface area contributed by atoms with E-state index >= 15 is 0 Å². The number of nitrogens with zero attached hydrogens (tertiary/aromatic N) is 1. The number of thioether (sulfide) groups is 1. The lowest BCUT2D eigenvalue weighted by molar-refractivity contribution is -0.255. The summed E-state index contributed by atoms with van der Waals surface area (Å²) in [5, 5.41) is 7.04. The number of anilines is 1. The van der Waals surface area contributed by atoms with Crippen molar-refractivity contribution < 1.29 is 32.6 Å². The van der Waals surface area contributed by atoms with Crippen LogP contribution in [0.2, 0.25) is 0 Å². The summed E-state index contributed by atoms with van der Waals surface area (Å²) in [6.45, 7) is 1.25. The van der Waals surface area contributed by atoms with Gasteiger partial charge in [0.2, 0.25) is 0 Å². The minimum atomic E-state index is -5.24. The molecule has 9 heteroatoms. The van der Waals surface area contributed by atoms with Crippen LogP contribution in [0.5, 0.6) is 0 Å². The second-order valence-electron chi connectivity index (χ2n) is 4.41. The van der Waals surface area contributed by atoms with Gasteiger partial charge in [-0.15, -0.1) is 0 Å². The number of alkyl halides is 3. The van der Waals surface area contributed by atoms with Crippen LogP contribution in [0.3, 0.4) is 0 Å². The minimum Gasteiger partial charge on any atom is -0.465 e. The van der Waals surface area contributed by atoms with E-state index in [0.29, 0.717) is 0 Å². The molecule has 0 radical (unpaired) electrons. The molecule has 1 saturated heterocycles. The van der Waals surface area contributed by atoms with Crippen LogP contribution in [0.1, 0.15) is 6.92 Å². The third kappa shape index (κ3) is 2.54. The van der Waals surface area contributed by atoms with Crippen LogP contribution in [-0.2, 0) is 9.53 Å². The number of amides is 1. The van der Waals surface area contributed by atoms with Gasteiger partial charge in [-0.3, -0.25) is 14.5 Å². The lowest BCUT2D eigenvalue weighted by Gasteiger charge is -2.36. The van der Waals surface area contributed by atoms with E-state index in [9.17, 15) is 27.9 Å². The average molecular weight is 335 g/mol. The van der Waals surface area contributed by atoms with Crippen LogP contribution in [0.15, 0.2) is 30.3 Å². The second kappa shape index (κ2) is 5.81. The van der Waals surface area contributed by atoms with Crippen LogP contribution in [0.25, 0.3) is 0 Å². The quantitative estimate of drug-likeness (QED) is 0.860. The first-order valence-corrected chi connectivity index (χ1v) is 7.13. The molecule has 0 saturated carbocycles. The summed E-state index contributed by atoms with van der Waals surface area (Å²) in [6, 6.07) is 6.86. The van der Waals surface area contributed by atoms with Crippen molar-refractivity contribution in [2.75, 3.05) is 11.5 Å². The number of hydrogen-bond donors (Lipinski definition) is 1. The Hall–Kier alpha value is -1.74. The Labute approximate surface area is 128 Å². The van der Waals surface area contributed by atoms with Crippen molar-refractivity contribution in [2.24, 2.45) is 0 Å². The Kier molecular flexibility index (Phi) is 4.39. The number of ether oxygens (including phenoxy) is 1. The third-order valence-electron chi connectivity index (χ3n) is 3.04. The number of halogens is 3. The van der Waals surface area contributed by atoms with Crippen molar-refractivity contribution >= 4 is 28.7 Å². The number of carbonyl (C=O) groups is 2. The fraction of sp³-hybridized carbons (Fsp3) is 0.385. The molecule has 2 unspecified atom stereocenters. The molecule has 0 aliphatic carbocycles. The number of rotatable bonds is 3. The van der Waals surface area contributed by atoms with E-state index in [2.05, 4.69) is 4.74 Å². The molecule has 1 aromatic rings. The lowest BCUT2D eigenvalue weighted by Crippen LogP contribution is -2.63. The molecular formula is C13H12F3NO4S. The van der Waals surface area contributed by atoms with Crippen molar-refractivity contribution in [1.82, 2.24) is 0 Å². The van der Waals surface area contributed by atoms with Gasteiger partial charge in [0.15, 0.2) is 5.25 Å². The van der Waals surface area contributed by atoms with E-state index in [1.807, 2.05) is 0 Å². The Morgan fingerprint density at radius 2 is 2.00 bits per heavy atom. The maximum atomic E-state index is 13.4. The highest BCUT2D eigenvalue weighted by Crippen LogP contribution is 2.50. The van der Waals surface area contributed by atoms with Crippen LogP contribution < -0.4 is 4.90 Å². The first-order valence-electron chi connectivity index (χ1n) is 6.25. The zero-order valence-corrected chi connectivity index (χ0v) is 12.1. The second-order valence-corrected chi connectivity index (χ2v) is 5.47. The molecule has 1 aromatic carbocycles. The van der Waals surface area contributed by atoms with E-state index < -0.39 is 28.4 Å². The number of aliphatic hydroxyl groups is 1. The van der Waals surface area contributed by atoms with Gasteiger partial charge in [0.25, 0.3) is 11.0 Å². The smallest absolute Gasteiger partial charge is 0.438 e. The Bertz CT molecular complexity index is 580. The molecule has 2 atom stereocenters. The lowest BCUT2D eigenvalue weighted by atomic mass is 10.1. The van der Waals surface area contributed by atoms with Gasteiger partial charge in [0.1, 0.15) is 0 Å². The highest BCUT2D eigenvalue weighted by atomic mass is 32.2. The molecule has 0 spiro atoms. The summed E-state index contributed by atoms with van der Waals surface area (Å²) in [5.74, 6) is -1.29. The SMILES string of the molecule is CCOC(=O)C1SC(=O)N(c2ccccc2)C1(O)C(F)(F)F. The number of benzene rings is 1. The molecule has 0 bridgehead atoms. The summed E-state index contributed by atoms with van der Waals surface area (Å²) in [7, 11) is 0. The molecule has 1 heterocycles. The molecule has 1 aliphatic heterocycles. The van der Waals surface area contributed by atoms with Crippen molar-refractivity contribution in [1.29, 1.82) is 0 Å². The summed E-state index contributed by atoms with van der Waals surface area (Å²) in [6.07, 6.45) is -5.24. The van der Waals surface area contributed by atoms with Crippen LogP contribution >= 0.6 is 11.8 Å². The molecule has 1 aliphatic rings. The molecule has 1 fully saturated rings. The monoisotopic (exact) mass is 335 g/mol. The van der Waals surface area contributed by atoms with Gasteiger partial charge in [0, 0.05) is 5.69 Å². The molecule has 120 valence electrons. The molecule has 22 heavy (non-hydrogen) atoms. The standard InChI is InChI=1S/C13H12F3NO4S/c1-2-21-10(18)9-12(20,13(14,15)16)17(11(19)22-9)8-6-4-3-5-7-8/h3-7,9,20H,2H2,1H3. The van der Waals surface area contributed by atoms with Gasteiger partial charge in [-0.2, -0.15) is 13.2 Å². The highest BCUT2D eigenvalue weighted by molar-refractivity contribution is 8.15. The van der Waals surface area contributed by atoms with E-state index in [1.165, 1.54) is 31.2 Å². The van der Waals surface area contributed by atoms with Crippen molar-refractivity contribution in [3.8, 4) is 0 Å². The van der Waals surface area contributed by atoms with Gasteiger partial charge >= 0.3 is 12.1 Å². The zero-order chi connectivity index (χ0) is 16.5. The van der Waals surface area contributed by atoms with Crippen LogP contribution in [0, 0.1) is 0 Å². The minimum absolute atomic E-state index is 0.0928. The summed E-state index contributed by atoms with van der Waals surface area (Å²) in [4.78, 5) is 23.9. The molecule has 0 aromatic heterocycles. The normalized spacial score (nSPS) is 25.4. The van der Waals surface area contributed by atoms with Gasteiger partial charge in [-0.05, 0) is 30.8 Å². The van der Waals surface area contributed by atoms with Crippen LogP contribution in [0.4, 0.5) is 23.7 Å². The number of carbonyl (C=O) groups excluding carboxylic acids is 2.